The quantitative estimate of drug-likeness (QED) is 0.546. The van der Waals surface area contributed by atoms with Crippen LogP contribution in [0.2, 0.25) is 0 Å². The first-order valence-corrected chi connectivity index (χ1v) is 3.72. The topological polar surface area (TPSA) is 18.5 Å². The van der Waals surface area contributed by atoms with Crippen molar-refractivity contribution < 1.29 is 9.47 Å². The summed E-state index contributed by atoms with van der Waals surface area (Å²) in [6, 6.07) is 0. The van der Waals surface area contributed by atoms with Gasteiger partial charge in [-0.15, -0.1) is 0 Å². The van der Waals surface area contributed by atoms with E-state index in [-0.39, 0.29) is 6.29 Å². The van der Waals surface area contributed by atoms with Crippen LogP contribution in [0, 0.1) is 0 Å². The van der Waals surface area contributed by atoms with Crippen molar-refractivity contribution >= 4 is 0 Å². The van der Waals surface area contributed by atoms with Crippen molar-refractivity contribution in [2.24, 2.45) is 0 Å². The molecule has 10 heavy (non-hydrogen) atoms. The Bertz CT molecular complexity index is 110. The Balaban J connectivity index is 2.19. The second kappa shape index (κ2) is 3.74. The van der Waals surface area contributed by atoms with E-state index < -0.39 is 0 Å². The molecular formula is C8H14O2. The van der Waals surface area contributed by atoms with Gasteiger partial charge in [0, 0.05) is 0 Å². The van der Waals surface area contributed by atoms with Crippen LogP contribution in [-0.4, -0.2) is 19.5 Å². The van der Waals surface area contributed by atoms with Gasteiger partial charge in [0.1, 0.15) is 0 Å². The highest BCUT2D eigenvalue weighted by Gasteiger charge is 2.14. The summed E-state index contributed by atoms with van der Waals surface area (Å²) in [6.45, 7) is 7.22. The normalized spacial score (nSPS) is 21.5. The van der Waals surface area contributed by atoms with E-state index in [1.807, 2.05) is 0 Å². The molecule has 0 aliphatic carbocycles. The molecule has 0 aromatic heterocycles. The second-order valence-corrected chi connectivity index (χ2v) is 2.59. The molecule has 1 aliphatic rings. The maximum atomic E-state index is 5.31. The third kappa shape index (κ3) is 2.12. The summed E-state index contributed by atoms with van der Waals surface area (Å²) in [6.07, 6.45) is 2.13. The highest BCUT2D eigenvalue weighted by molar-refractivity contribution is 4.96. The summed E-state index contributed by atoms with van der Waals surface area (Å²) in [4.78, 5) is 0. The van der Waals surface area contributed by atoms with Gasteiger partial charge in [0.25, 0.3) is 0 Å². The van der Waals surface area contributed by atoms with Crippen molar-refractivity contribution in [2.75, 3.05) is 13.2 Å². The molecule has 1 fully saturated rings. The first-order chi connectivity index (χ1) is 4.83. The zero-order valence-electron chi connectivity index (χ0n) is 6.43. The molecule has 0 saturated carbocycles. The second-order valence-electron chi connectivity index (χ2n) is 2.59. The molecule has 0 amide bonds. The molecule has 0 aromatic rings. The average Bonchev–Trinajstić information content (AvgIpc) is 1.95. The highest BCUT2D eigenvalue weighted by Crippen LogP contribution is 2.12. The third-order valence-electron chi connectivity index (χ3n) is 1.47. The fourth-order valence-electron chi connectivity index (χ4n) is 0.914. The van der Waals surface area contributed by atoms with Crippen LogP contribution in [0.25, 0.3) is 0 Å². The molecule has 2 nitrogen and oxygen atoms in total. The molecule has 0 N–H and O–H groups in total. The van der Waals surface area contributed by atoms with Crippen molar-refractivity contribution in [1.29, 1.82) is 0 Å². The van der Waals surface area contributed by atoms with Crippen LogP contribution < -0.4 is 0 Å². The summed E-state index contributed by atoms with van der Waals surface area (Å²) in [5.74, 6) is 0. The monoisotopic (exact) mass is 142 g/mol. The van der Waals surface area contributed by atoms with Crippen LogP contribution in [0.4, 0.5) is 0 Å². The van der Waals surface area contributed by atoms with Gasteiger partial charge in [-0.1, -0.05) is 19.9 Å². The molecule has 0 radical (unpaired) electrons. The van der Waals surface area contributed by atoms with Crippen LogP contribution in [0.3, 0.4) is 0 Å². The van der Waals surface area contributed by atoms with Crippen LogP contribution in [0.5, 0.6) is 0 Å². The third-order valence-corrected chi connectivity index (χ3v) is 1.47. The van der Waals surface area contributed by atoms with E-state index in [0.717, 1.165) is 18.4 Å². The summed E-state index contributed by atoms with van der Waals surface area (Å²) in [5.41, 5.74) is 1.03. The van der Waals surface area contributed by atoms with Gasteiger partial charge in [0.2, 0.25) is 0 Å². The van der Waals surface area contributed by atoms with Gasteiger partial charge in [0.05, 0.1) is 13.2 Å². The first-order valence-electron chi connectivity index (χ1n) is 3.72. The Morgan fingerprint density at radius 1 is 1.50 bits per heavy atom. The maximum absolute atomic E-state index is 5.31. The van der Waals surface area contributed by atoms with Crippen molar-refractivity contribution in [2.45, 2.75) is 26.1 Å². The van der Waals surface area contributed by atoms with Crippen LogP contribution in [-0.2, 0) is 9.47 Å². The number of hydrogen-bond acceptors (Lipinski definition) is 2. The van der Waals surface area contributed by atoms with Crippen molar-refractivity contribution in [1.82, 2.24) is 0 Å². The largest absolute Gasteiger partial charge is 0.348 e. The minimum Gasteiger partial charge on any atom is -0.348 e. The van der Waals surface area contributed by atoms with Crippen LogP contribution >= 0.6 is 0 Å². The van der Waals surface area contributed by atoms with E-state index in [9.17, 15) is 0 Å². The van der Waals surface area contributed by atoms with Crippen LogP contribution in [0.1, 0.15) is 19.8 Å². The van der Waals surface area contributed by atoms with Gasteiger partial charge in [-0.25, -0.2) is 0 Å². The lowest BCUT2D eigenvalue weighted by Crippen LogP contribution is -2.25. The number of hydrogen-bond donors (Lipinski definition) is 0. The lowest BCUT2D eigenvalue weighted by atomic mass is 10.3. The zero-order chi connectivity index (χ0) is 7.40. The highest BCUT2D eigenvalue weighted by atomic mass is 16.7. The Kier molecular flexibility index (Phi) is 2.90. The van der Waals surface area contributed by atoms with Gasteiger partial charge in [-0.05, 0) is 12.0 Å². The smallest absolute Gasteiger partial charge is 0.158 e. The van der Waals surface area contributed by atoms with Gasteiger partial charge >= 0.3 is 0 Å². The SMILES string of the molecule is C=C1COC(CCC)OC1. The minimum atomic E-state index is 0.0236. The Morgan fingerprint density at radius 3 is 2.60 bits per heavy atom. The average molecular weight is 142 g/mol. The molecule has 58 valence electrons. The molecule has 1 aliphatic heterocycles. The lowest BCUT2D eigenvalue weighted by Gasteiger charge is -2.24. The predicted molar refractivity (Wildman–Crippen MR) is 39.7 cm³/mol. The molecule has 1 heterocycles. The van der Waals surface area contributed by atoms with E-state index in [2.05, 4.69) is 13.5 Å². The maximum Gasteiger partial charge on any atom is 0.158 e. The lowest BCUT2D eigenvalue weighted by molar-refractivity contribution is -0.159. The van der Waals surface area contributed by atoms with E-state index in [4.69, 9.17) is 9.47 Å². The van der Waals surface area contributed by atoms with Gasteiger partial charge in [0.15, 0.2) is 6.29 Å². The van der Waals surface area contributed by atoms with Crippen LogP contribution in [0.15, 0.2) is 12.2 Å². The Hall–Kier alpha value is -0.340. The van der Waals surface area contributed by atoms with Gasteiger partial charge in [-0.2, -0.15) is 0 Å². The molecular weight excluding hydrogens is 128 g/mol. The van der Waals surface area contributed by atoms with Crippen molar-refractivity contribution in [3.05, 3.63) is 12.2 Å². The molecule has 2 heteroatoms. The van der Waals surface area contributed by atoms with Crippen molar-refractivity contribution in [3.63, 3.8) is 0 Å². The van der Waals surface area contributed by atoms with E-state index in [1.54, 1.807) is 0 Å². The fraction of sp³-hybridized carbons (Fsp3) is 0.750. The van der Waals surface area contributed by atoms with E-state index in [0.29, 0.717) is 13.2 Å². The summed E-state index contributed by atoms with van der Waals surface area (Å²) in [5, 5.41) is 0. The van der Waals surface area contributed by atoms with Gasteiger partial charge in [-0.3, -0.25) is 0 Å². The predicted octanol–water partition coefficient (Wildman–Crippen LogP) is 1.72. The molecule has 1 saturated heterocycles. The zero-order valence-corrected chi connectivity index (χ0v) is 6.43. The molecule has 0 spiro atoms. The summed E-state index contributed by atoms with van der Waals surface area (Å²) in [7, 11) is 0. The van der Waals surface area contributed by atoms with E-state index >= 15 is 0 Å². The Morgan fingerprint density at radius 2 is 2.10 bits per heavy atom. The number of rotatable bonds is 2. The molecule has 0 atom stereocenters. The summed E-state index contributed by atoms with van der Waals surface area (Å²) >= 11 is 0. The first kappa shape index (κ1) is 7.76. The number of ether oxygens (including phenoxy) is 2. The Labute approximate surface area is 61.8 Å². The van der Waals surface area contributed by atoms with Crippen molar-refractivity contribution in [3.8, 4) is 0 Å². The molecule has 0 unspecified atom stereocenters. The minimum absolute atomic E-state index is 0.0236. The molecule has 1 rings (SSSR count). The summed E-state index contributed by atoms with van der Waals surface area (Å²) < 4.78 is 10.6. The van der Waals surface area contributed by atoms with Gasteiger partial charge < -0.3 is 9.47 Å². The molecule has 0 bridgehead atoms. The fourth-order valence-corrected chi connectivity index (χ4v) is 0.914. The van der Waals surface area contributed by atoms with E-state index in [1.165, 1.54) is 0 Å². The standard InChI is InChI=1S/C8H14O2/c1-3-4-8-9-5-7(2)6-10-8/h8H,2-6H2,1H3. The molecule has 0 aromatic carbocycles.